The van der Waals surface area contributed by atoms with Crippen LogP contribution in [0.25, 0.3) is 0 Å². The molecule has 0 bridgehead atoms. The topological polar surface area (TPSA) is 58.4 Å². The standard InChI is InChI=1S/C18H23N3O/c1-12(13-9-10-17(21(3)4)16(19)11-13)14-7-5-6-8-15(14)18(22)20-2/h5-12H,19H2,1-4H3,(H,20,22). The molecule has 2 aromatic carbocycles. The highest BCUT2D eigenvalue weighted by Crippen LogP contribution is 2.31. The molecule has 0 saturated carbocycles. The number of hydrogen-bond acceptors (Lipinski definition) is 3. The number of rotatable bonds is 4. The lowest BCUT2D eigenvalue weighted by Crippen LogP contribution is -2.20. The van der Waals surface area contributed by atoms with Crippen LogP contribution in [0.3, 0.4) is 0 Å². The van der Waals surface area contributed by atoms with Crippen molar-refractivity contribution in [3.63, 3.8) is 0 Å². The van der Waals surface area contributed by atoms with Crippen LogP contribution in [0.15, 0.2) is 42.5 Å². The van der Waals surface area contributed by atoms with Crippen molar-refractivity contribution in [2.45, 2.75) is 12.8 Å². The number of hydrogen-bond donors (Lipinski definition) is 2. The highest BCUT2D eigenvalue weighted by atomic mass is 16.1. The van der Waals surface area contributed by atoms with Crippen molar-refractivity contribution in [2.24, 2.45) is 0 Å². The van der Waals surface area contributed by atoms with Crippen LogP contribution in [0.4, 0.5) is 11.4 Å². The largest absolute Gasteiger partial charge is 0.397 e. The number of benzene rings is 2. The van der Waals surface area contributed by atoms with Crippen LogP contribution < -0.4 is 16.0 Å². The van der Waals surface area contributed by atoms with Crippen LogP contribution in [-0.4, -0.2) is 27.1 Å². The van der Waals surface area contributed by atoms with Crippen molar-refractivity contribution in [1.29, 1.82) is 0 Å². The summed E-state index contributed by atoms with van der Waals surface area (Å²) in [5.41, 5.74) is 10.7. The summed E-state index contributed by atoms with van der Waals surface area (Å²) in [6, 6.07) is 13.7. The molecule has 1 amide bonds. The molecule has 2 rings (SSSR count). The highest BCUT2D eigenvalue weighted by molar-refractivity contribution is 5.95. The van der Waals surface area contributed by atoms with Crippen molar-refractivity contribution >= 4 is 17.3 Å². The molecular weight excluding hydrogens is 274 g/mol. The minimum atomic E-state index is -0.0691. The summed E-state index contributed by atoms with van der Waals surface area (Å²) in [4.78, 5) is 14.0. The van der Waals surface area contributed by atoms with E-state index in [0.717, 1.165) is 22.5 Å². The van der Waals surface area contributed by atoms with Gasteiger partial charge in [-0.05, 0) is 29.3 Å². The summed E-state index contributed by atoms with van der Waals surface area (Å²) in [7, 11) is 5.58. The molecule has 0 aliphatic rings. The molecule has 0 radical (unpaired) electrons. The van der Waals surface area contributed by atoms with E-state index >= 15 is 0 Å². The molecule has 0 saturated heterocycles. The minimum absolute atomic E-state index is 0.0691. The molecule has 0 spiro atoms. The second kappa shape index (κ2) is 6.52. The van der Waals surface area contributed by atoms with Crippen molar-refractivity contribution < 1.29 is 4.79 Å². The number of nitrogen functional groups attached to an aromatic ring is 1. The zero-order valence-corrected chi connectivity index (χ0v) is 13.6. The van der Waals surface area contributed by atoms with Crippen molar-refractivity contribution in [1.82, 2.24) is 5.32 Å². The number of carbonyl (C=O) groups excluding carboxylic acids is 1. The van der Waals surface area contributed by atoms with Crippen LogP contribution >= 0.6 is 0 Å². The maximum absolute atomic E-state index is 12.0. The summed E-state index contributed by atoms with van der Waals surface area (Å²) < 4.78 is 0. The number of anilines is 2. The Morgan fingerprint density at radius 3 is 2.45 bits per heavy atom. The van der Waals surface area contributed by atoms with Gasteiger partial charge in [0.1, 0.15) is 0 Å². The van der Waals surface area contributed by atoms with Gasteiger partial charge in [0.15, 0.2) is 0 Å². The van der Waals surface area contributed by atoms with Crippen LogP contribution in [-0.2, 0) is 0 Å². The first kappa shape index (κ1) is 15.9. The number of nitrogens with two attached hydrogens (primary N) is 1. The van der Waals surface area contributed by atoms with E-state index < -0.39 is 0 Å². The van der Waals surface area contributed by atoms with Crippen molar-refractivity contribution in [3.8, 4) is 0 Å². The monoisotopic (exact) mass is 297 g/mol. The first-order valence-corrected chi connectivity index (χ1v) is 7.33. The second-order valence-electron chi connectivity index (χ2n) is 5.60. The van der Waals surface area contributed by atoms with E-state index in [2.05, 4.69) is 18.3 Å². The molecule has 0 aromatic heterocycles. The van der Waals surface area contributed by atoms with E-state index in [1.807, 2.05) is 55.4 Å². The fourth-order valence-electron chi connectivity index (χ4n) is 2.65. The van der Waals surface area contributed by atoms with Gasteiger partial charge in [-0.15, -0.1) is 0 Å². The van der Waals surface area contributed by atoms with Crippen LogP contribution in [0.5, 0.6) is 0 Å². The summed E-state index contributed by atoms with van der Waals surface area (Å²) in [5, 5.41) is 2.69. The molecule has 0 fully saturated rings. The average Bonchev–Trinajstić information content (AvgIpc) is 2.53. The van der Waals surface area contributed by atoms with Gasteiger partial charge in [-0.2, -0.15) is 0 Å². The zero-order chi connectivity index (χ0) is 16.3. The van der Waals surface area contributed by atoms with E-state index in [1.54, 1.807) is 7.05 Å². The zero-order valence-electron chi connectivity index (χ0n) is 13.6. The van der Waals surface area contributed by atoms with Crippen molar-refractivity contribution in [3.05, 3.63) is 59.2 Å². The maximum Gasteiger partial charge on any atom is 0.251 e. The predicted molar refractivity (Wildman–Crippen MR) is 92.5 cm³/mol. The summed E-state index contributed by atoms with van der Waals surface area (Å²) in [6.07, 6.45) is 0. The molecule has 2 aromatic rings. The molecule has 116 valence electrons. The normalized spacial score (nSPS) is 11.8. The molecule has 0 aliphatic carbocycles. The fraction of sp³-hybridized carbons (Fsp3) is 0.278. The van der Waals surface area contributed by atoms with Gasteiger partial charge < -0.3 is 16.0 Å². The SMILES string of the molecule is CNC(=O)c1ccccc1C(C)c1ccc(N(C)C)c(N)c1. The predicted octanol–water partition coefficient (Wildman–Crippen LogP) is 2.85. The first-order valence-electron chi connectivity index (χ1n) is 7.33. The van der Waals surface area contributed by atoms with E-state index in [4.69, 9.17) is 5.73 Å². The Labute approximate surface area is 131 Å². The highest BCUT2D eigenvalue weighted by Gasteiger charge is 2.17. The Morgan fingerprint density at radius 1 is 1.18 bits per heavy atom. The lowest BCUT2D eigenvalue weighted by atomic mass is 9.89. The molecule has 1 atom stereocenters. The lowest BCUT2D eigenvalue weighted by molar-refractivity contribution is 0.0962. The molecule has 4 heteroatoms. The maximum atomic E-state index is 12.0. The van der Waals surface area contributed by atoms with Crippen molar-refractivity contribution in [2.75, 3.05) is 31.8 Å². The Balaban J connectivity index is 2.43. The smallest absolute Gasteiger partial charge is 0.251 e. The number of carbonyl (C=O) groups is 1. The molecular formula is C18H23N3O. The van der Waals surface area contributed by atoms with Gasteiger partial charge in [-0.1, -0.05) is 31.2 Å². The summed E-state index contributed by atoms with van der Waals surface area (Å²) >= 11 is 0. The van der Waals surface area contributed by atoms with Crippen LogP contribution in [0, 0.1) is 0 Å². The molecule has 0 aliphatic heterocycles. The molecule has 3 N–H and O–H groups in total. The van der Waals surface area contributed by atoms with E-state index in [-0.39, 0.29) is 11.8 Å². The Morgan fingerprint density at radius 2 is 1.86 bits per heavy atom. The van der Waals surface area contributed by atoms with E-state index in [9.17, 15) is 4.79 Å². The summed E-state index contributed by atoms with van der Waals surface area (Å²) in [6.45, 7) is 2.09. The van der Waals surface area contributed by atoms with Gasteiger partial charge in [0.2, 0.25) is 0 Å². The van der Waals surface area contributed by atoms with Crippen LogP contribution in [0.1, 0.15) is 34.3 Å². The lowest BCUT2D eigenvalue weighted by Gasteiger charge is -2.20. The first-order chi connectivity index (χ1) is 10.5. The van der Waals surface area contributed by atoms with Gasteiger partial charge >= 0.3 is 0 Å². The van der Waals surface area contributed by atoms with Gasteiger partial charge in [-0.3, -0.25) is 4.79 Å². The third-order valence-corrected chi connectivity index (χ3v) is 3.93. The summed E-state index contributed by atoms with van der Waals surface area (Å²) in [5.74, 6) is 0.0207. The third-order valence-electron chi connectivity index (χ3n) is 3.93. The average molecular weight is 297 g/mol. The molecule has 0 heterocycles. The Bertz CT molecular complexity index is 680. The number of nitrogens with one attached hydrogen (secondary N) is 1. The van der Waals surface area contributed by atoms with Crippen LogP contribution in [0.2, 0.25) is 0 Å². The van der Waals surface area contributed by atoms with Gasteiger partial charge in [0, 0.05) is 32.6 Å². The van der Waals surface area contributed by atoms with E-state index in [0.29, 0.717) is 5.56 Å². The quantitative estimate of drug-likeness (QED) is 0.853. The van der Waals surface area contributed by atoms with E-state index in [1.165, 1.54) is 0 Å². The third kappa shape index (κ3) is 3.06. The molecule has 4 nitrogen and oxygen atoms in total. The minimum Gasteiger partial charge on any atom is -0.397 e. The fourth-order valence-corrected chi connectivity index (χ4v) is 2.65. The molecule has 1 unspecified atom stereocenters. The van der Waals surface area contributed by atoms with Gasteiger partial charge in [0.05, 0.1) is 11.4 Å². The number of nitrogens with zero attached hydrogens (tertiary/aromatic N) is 1. The number of amides is 1. The second-order valence-corrected chi connectivity index (χ2v) is 5.60. The molecule has 22 heavy (non-hydrogen) atoms. The Hall–Kier alpha value is -2.49. The van der Waals surface area contributed by atoms with Gasteiger partial charge in [-0.25, -0.2) is 0 Å². The Kier molecular flexibility index (Phi) is 4.71. The van der Waals surface area contributed by atoms with Gasteiger partial charge in [0.25, 0.3) is 5.91 Å².